The van der Waals surface area contributed by atoms with Crippen molar-refractivity contribution in [2.75, 3.05) is 38.2 Å². The highest BCUT2D eigenvalue weighted by atomic mass is 32.1. The molecule has 2 aromatic rings. The highest BCUT2D eigenvalue weighted by molar-refractivity contribution is 7.12. The van der Waals surface area contributed by atoms with E-state index in [9.17, 15) is 4.79 Å². The van der Waals surface area contributed by atoms with Crippen LogP contribution in [0.2, 0.25) is 0 Å². The molecule has 0 spiro atoms. The van der Waals surface area contributed by atoms with Gasteiger partial charge in [-0.25, -0.2) is 0 Å². The van der Waals surface area contributed by atoms with E-state index in [1.54, 1.807) is 0 Å². The summed E-state index contributed by atoms with van der Waals surface area (Å²) in [5.41, 5.74) is 3.16. The van der Waals surface area contributed by atoms with Crippen LogP contribution in [0.25, 0.3) is 0 Å². The van der Waals surface area contributed by atoms with Gasteiger partial charge in [-0.15, -0.1) is 11.3 Å². The van der Waals surface area contributed by atoms with Gasteiger partial charge in [0.25, 0.3) is 5.91 Å². The highest BCUT2D eigenvalue weighted by Crippen LogP contribution is 2.18. The second-order valence-corrected chi connectivity index (χ2v) is 6.70. The maximum Gasteiger partial charge on any atom is 0.265 e. The van der Waals surface area contributed by atoms with E-state index in [0.29, 0.717) is 0 Å². The largest absolute Gasteiger partial charge is 0.379 e. The molecule has 0 bridgehead atoms. The first-order chi connectivity index (χ1) is 11.2. The van der Waals surface area contributed by atoms with Gasteiger partial charge < -0.3 is 10.1 Å². The van der Waals surface area contributed by atoms with Crippen LogP contribution in [0.4, 0.5) is 5.69 Å². The number of morpholine rings is 1. The van der Waals surface area contributed by atoms with Crippen LogP contribution in [0, 0.1) is 6.92 Å². The summed E-state index contributed by atoms with van der Waals surface area (Å²) in [6.45, 7) is 6.74. The molecule has 0 radical (unpaired) electrons. The summed E-state index contributed by atoms with van der Waals surface area (Å²) in [4.78, 5) is 15.4. The second-order valence-electron chi connectivity index (χ2n) is 5.79. The van der Waals surface area contributed by atoms with Gasteiger partial charge in [-0.1, -0.05) is 12.1 Å². The van der Waals surface area contributed by atoms with E-state index in [2.05, 4.69) is 22.3 Å². The number of anilines is 1. The minimum Gasteiger partial charge on any atom is -0.379 e. The van der Waals surface area contributed by atoms with Crippen LogP contribution in [0.15, 0.2) is 35.7 Å². The Hall–Kier alpha value is -1.69. The molecule has 0 unspecified atom stereocenters. The number of hydrogen-bond donors (Lipinski definition) is 1. The first-order valence-electron chi connectivity index (χ1n) is 7.97. The Labute approximate surface area is 141 Å². The molecule has 1 saturated heterocycles. The van der Waals surface area contributed by atoms with Crippen LogP contribution < -0.4 is 5.32 Å². The van der Waals surface area contributed by atoms with Crippen molar-refractivity contribution < 1.29 is 9.53 Å². The van der Waals surface area contributed by atoms with E-state index in [-0.39, 0.29) is 5.91 Å². The summed E-state index contributed by atoms with van der Waals surface area (Å²) in [5, 5.41) is 4.91. The average Bonchev–Trinajstić information content (AvgIpc) is 3.01. The molecule has 122 valence electrons. The number of ether oxygens (including phenoxy) is 1. The van der Waals surface area contributed by atoms with Crippen molar-refractivity contribution >= 4 is 22.9 Å². The molecule has 4 nitrogen and oxygen atoms in total. The molecule has 23 heavy (non-hydrogen) atoms. The van der Waals surface area contributed by atoms with Gasteiger partial charge in [0.15, 0.2) is 0 Å². The normalized spacial score (nSPS) is 15.5. The molecule has 1 amide bonds. The number of amides is 1. The zero-order valence-electron chi connectivity index (χ0n) is 13.4. The molecule has 0 saturated carbocycles. The van der Waals surface area contributed by atoms with Gasteiger partial charge >= 0.3 is 0 Å². The summed E-state index contributed by atoms with van der Waals surface area (Å²) < 4.78 is 5.36. The predicted octanol–water partition coefficient (Wildman–Crippen LogP) is 3.18. The van der Waals surface area contributed by atoms with Crippen LogP contribution in [0.5, 0.6) is 0 Å². The molecule has 1 aliphatic rings. The van der Waals surface area contributed by atoms with Crippen molar-refractivity contribution in [3.05, 3.63) is 51.7 Å². The number of benzene rings is 1. The minimum absolute atomic E-state index is 0.0291. The fourth-order valence-electron chi connectivity index (χ4n) is 2.66. The van der Waals surface area contributed by atoms with E-state index in [1.807, 2.05) is 30.5 Å². The molecule has 2 heterocycles. The van der Waals surface area contributed by atoms with Gasteiger partial charge in [0, 0.05) is 25.3 Å². The standard InChI is InChI=1S/C18H22N2O2S/c1-14-7-13-23-17(14)18(21)19-16-4-2-15(3-5-16)6-8-20-9-11-22-12-10-20/h2-5,7,13H,6,8-12H2,1H3,(H,19,21). The van der Waals surface area contributed by atoms with Crippen LogP contribution in [0.3, 0.4) is 0 Å². The summed E-state index contributed by atoms with van der Waals surface area (Å²) in [6.07, 6.45) is 1.03. The first-order valence-corrected chi connectivity index (χ1v) is 8.85. The average molecular weight is 330 g/mol. The summed E-state index contributed by atoms with van der Waals surface area (Å²) >= 11 is 1.48. The Bertz CT molecular complexity index is 645. The molecule has 1 aliphatic heterocycles. The molecular formula is C18H22N2O2S. The molecule has 3 rings (SSSR count). The van der Waals surface area contributed by atoms with Crippen molar-refractivity contribution in [2.24, 2.45) is 0 Å². The monoisotopic (exact) mass is 330 g/mol. The van der Waals surface area contributed by atoms with Crippen molar-refractivity contribution in [2.45, 2.75) is 13.3 Å². The van der Waals surface area contributed by atoms with Gasteiger partial charge in [0.05, 0.1) is 18.1 Å². The SMILES string of the molecule is Cc1ccsc1C(=O)Nc1ccc(CCN2CCOCC2)cc1. The molecular weight excluding hydrogens is 308 g/mol. The maximum atomic E-state index is 12.2. The number of nitrogens with zero attached hydrogens (tertiary/aromatic N) is 1. The van der Waals surface area contributed by atoms with Gasteiger partial charge in [0.2, 0.25) is 0 Å². The molecule has 5 heteroatoms. The lowest BCUT2D eigenvalue weighted by Crippen LogP contribution is -2.37. The molecule has 0 aliphatic carbocycles. The molecule has 1 N–H and O–H groups in total. The fourth-order valence-corrected chi connectivity index (χ4v) is 3.48. The van der Waals surface area contributed by atoms with Crippen molar-refractivity contribution in [3.63, 3.8) is 0 Å². The smallest absolute Gasteiger partial charge is 0.265 e. The number of aryl methyl sites for hydroxylation is 1. The zero-order valence-corrected chi connectivity index (χ0v) is 14.2. The van der Waals surface area contributed by atoms with E-state index in [1.165, 1.54) is 16.9 Å². The first kappa shape index (κ1) is 16.2. The molecule has 1 aromatic heterocycles. The number of carbonyl (C=O) groups excluding carboxylic acids is 1. The maximum absolute atomic E-state index is 12.2. The second kappa shape index (κ2) is 7.73. The lowest BCUT2D eigenvalue weighted by Gasteiger charge is -2.26. The van der Waals surface area contributed by atoms with E-state index < -0.39 is 0 Å². The summed E-state index contributed by atoms with van der Waals surface area (Å²) in [7, 11) is 0. The van der Waals surface area contributed by atoms with Crippen molar-refractivity contribution in [3.8, 4) is 0 Å². The number of rotatable bonds is 5. The quantitative estimate of drug-likeness (QED) is 0.915. The molecule has 0 atom stereocenters. The van der Waals surface area contributed by atoms with Crippen LogP contribution in [-0.2, 0) is 11.2 Å². The summed E-state index contributed by atoms with van der Waals surface area (Å²) in [5.74, 6) is -0.0291. The third kappa shape index (κ3) is 4.41. The number of carbonyl (C=O) groups is 1. The fraction of sp³-hybridized carbons (Fsp3) is 0.389. The highest BCUT2D eigenvalue weighted by Gasteiger charge is 2.11. The lowest BCUT2D eigenvalue weighted by molar-refractivity contribution is 0.0384. The lowest BCUT2D eigenvalue weighted by atomic mass is 10.1. The Morgan fingerprint density at radius 3 is 2.61 bits per heavy atom. The van der Waals surface area contributed by atoms with Crippen LogP contribution >= 0.6 is 11.3 Å². The van der Waals surface area contributed by atoms with Gasteiger partial charge in [0.1, 0.15) is 0 Å². The third-order valence-corrected chi connectivity index (χ3v) is 5.12. The van der Waals surface area contributed by atoms with Gasteiger partial charge in [-0.2, -0.15) is 0 Å². The Balaban J connectivity index is 1.52. The molecule has 1 fully saturated rings. The van der Waals surface area contributed by atoms with Crippen molar-refractivity contribution in [1.82, 2.24) is 4.90 Å². The van der Waals surface area contributed by atoms with Crippen LogP contribution in [0.1, 0.15) is 20.8 Å². The predicted molar refractivity (Wildman–Crippen MR) is 94.4 cm³/mol. The Kier molecular flexibility index (Phi) is 5.43. The van der Waals surface area contributed by atoms with E-state index >= 15 is 0 Å². The minimum atomic E-state index is -0.0291. The van der Waals surface area contributed by atoms with Gasteiger partial charge in [-0.05, 0) is 48.1 Å². The number of nitrogens with one attached hydrogen (secondary N) is 1. The Morgan fingerprint density at radius 1 is 1.22 bits per heavy atom. The van der Waals surface area contributed by atoms with E-state index in [4.69, 9.17) is 4.74 Å². The zero-order chi connectivity index (χ0) is 16.1. The van der Waals surface area contributed by atoms with Crippen molar-refractivity contribution in [1.29, 1.82) is 0 Å². The summed E-state index contributed by atoms with van der Waals surface area (Å²) in [6, 6.07) is 10.1. The molecule has 1 aromatic carbocycles. The number of thiophene rings is 1. The topological polar surface area (TPSA) is 41.6 Å². The van der Waals surface area contributed by atoms with Gasteiger partial charge in [-0.3, -0.25) is 9.69 Å². The number of hydrogen-bond acceptors (Lipinski definition) is 4. The van der Waals surface area contributed by atoms with E-state index in [0.717, 1.165) is 55.4 Å². The Morgan fingerprint density at radius 2 is 1.96 bits per heavy atom. The third-order valence-electron chi connectivity index (χ3n) is 4.10. The van der Waals surface area contributed by atoms with Crippen LogP contribution in [-0.4, -0.2) is 43.7 Å².